The lowest BCUT2D eigenvalue weighted by Crippen LogP contribution is -2.46. The van der Waals surface area contributed by atoms with Crippen molar-refractivity contribution in [3.8, 4) is 0 Å². The normalized spacial score (nSPS) is 16.7. The summed E-state index contributed by atoms with van der Waals surface area (Å²) in [6.07, 6.45) is 0.0775. The Hall–Kier alpha value is -3.52. The van der Waals surface area contributed by atoms with E-state index in [2.05, 4.69) is 128 Å². The summed E-state index contributed by atoms with van der Waals surface area (Å²) in [5.41, 5.74) is 9.06. The van der Waals surface area contributed by atoms with Crippen molar-refractivity contribution in [2.45, 2.75) is 33.9 Å². The van der Waals surface area contributed by atoms with Crippen LogP contribution in [0.2, 0.25) is 0 Å². The molecule has 1 atom stereocenters. The highest BCUT2D eigenvalue weighted by Crippen LogP contribution is 2.41. The second-order valence-corrected chi connectivity index (χ2v) is 9.01. The first-order chi connectivity index (χ1) is 15.5. The molecule has 2 heteroatoms. The monoisotopic (exact) mass is 418 g/mol. The summed E-state index contributed by atoms with van der Waals surface area (Å²) in [7, 11) is 0. The zero-order valence-corrected chi connectivity index (χ0v) is 19.3. The summed E-state index contributed by atoms with van der Waals surface area (Å²) in [5.74, 6) is 0. The molecule has 0 saturated heterocycles. The summed E-state index contributed by atoms with van der Waals surface area (Å²) in [5, 5.41) is 2.56. The van der Waals surface area contributed by atoms with Gasteiger partial charge in [0.1, 0.15) is 6.17 Å². The minimum atomic E-state index is 0.0775. The van der Waals surface area contributed by atoms with Gasteiger partial charge in [0.2, 0.25) is 0 Å². The van der Waals surface area contributed by atoms with Crippen LogP contribution in [0.1, 0.15) is 36.7 Å². The van der Waals surface area contributed by atoms with Crippen LogP contribution in [-0.4, -0.2) is 6.54 Å². The van der Waals surface area contributed by atoms with E-state index in [1.807, 2.05) is 0 Å². The first-order valence-electron chi connectivity index (χ1n) is 11.4. The molecule has 0 spiro atoms. The van der Waals surface area contributed by atoms with Crippen molar-refractivity contribution in [2.24, 2.45) is 0 Å². The third-order valence-corrected chi connectivity index (χ3v) is 6.68. The van der Waals surface area contributed by atoms with Gasteiger partial charge in [-0.05, 0) is 79.9 Å². The van der Waals surface area contributed by atoms with Crippen molar-refractivity contribution in [3.05, 3.63) is 119 Å². The van der Waals surface area contributed by atoms with Gasteiger partial charge in [-0.15, -0.1) is 0 Å². The Morgan fingerprint density at radius 3 is 1.88 bits per heavy atom. The first kappa shape index (κ1) is 20.4. The summed E-state index contributed by atoms with van der Waals surface area (Å²) in [4.78, 5) is 5.04. The van der Waals surface area contributed by atoms with E-state index in [1.165, 1.54) is 50.1 Å². The molecule has 0 fully saturated rings. The molecule has 0 bridgehead atoms. The van der Waals surface area contributed by atoms with Gasteiger partial charge in [-0.25, -0.2) is 0 Å². The third kappa shape index (κ3) is 3.67. The average molecular weight is 419 g/mol. The van der Waals surface area contributed by atoms with E-state index in [4.69, 9.17) is 0 Å². The van der Waals surface area contributed by atoms with Crippen molar-refractivity contribution in [1.29, 1.82) is 0 Å². The van der Waals surface area contributed by atoms with E-state index in [9.17, 15) is 0 Å². The predicted octanol–water partition coefficient (Wildman–Crippen LogP) is 7.78. The molecule has 1 aliphatic heterocycles. The van der Waals surface area contributed by atoms with Crippen LogP contribution < -0.4 is 9.80 Å². The molecule has 2 nitrogen and oxygen atoms in total. The lowest BCUT2D eigenvalue weighted by atomic mass is 9.98. The fourth-order valence-corrected chi connectivity index (χ4v) is 4.69. The van der Waals surface area contributed by atoms with Crippen LogP contribution in [0.4, 0.5) is 11.4 Å². The fraction of sp³-hybridized carbons (Fsp3) is 0.200. The molecule has 0 radical (unpaired) electrons. The van der Waals surface area contributed by atoms with Crippen LogP contribution in [0.15, 0.2) is 102 Å². The van der Waals surface area contributed by atoms with Gasteiger partial charge >= 0.3 is 0 Å². The van der Waals surface area contributed by atoms with Crippen LogP contribution in [0.5, 0.6) is 0 Å². The van der Waals surface area contributed by atoms with Gasteiger partial charge in [-0.2, -0.15) is 0 Å². The van der Waals surface area contributed by atoms with Gasteiger partial charge in [0.25, 0.3) is 0 Å². The lowest BCUT2D eigenvalue weighted by Gasteiger charge is -2.47. The summed E-state index contributed by atoms with van der Waals surface area (Å²) >= 11 is 0. The molecule has 1 aliphatic rings. The highest BCUT2D eigenvalue weighted by molar-refractivity contribution is 5.83. The molecule has 0 aliphatic carbocycles. The largest absolute Gasteiger partial charge is 0.343 e. The number of allylic oxidation sites excluding steroid dienone is 1. The molecule has 4 aromatic carbocycles. The minimum absolute atomic E-state index is 0.0775. The Balaban J connectivity index is 1.72. The van der Waals surface area contributed by atoms with Crippen LogP contribution in [0.25, 0.3) is 10.8 Å². The van der Waals surface area contributed by atoms with E-state index in [1.54, 1.807) is 0 Å². The average Bonchev–Trinajstić information content (AvgIpc) is 2.81. The predicted molar refractivity (Wildman–Crippen MR) is 137 cm³/mol. The summed E-state index contributed by atoms with van der Waals surface area (Å²) < 4.78 is 0. The molecule has 32 heavy (non-hydrogen) atoms. The SMILES string of the molecule is CC1=C(C)N(c2ccc(C)cc2)C(c2ccc3ccccc3c2)N(c2ccc(C)cc2)C1. The number of aryl methyl sites for hydroxylation is 2. The fourth-order valence-electron chi connectivity index (χ4n) is 4.69. The molecule has 160 valence electrons. The van der Waals surface area contributed by atoms with Crippen molar-refractivity contribution < 1.29 is 0 Å². The van der Waals surface area contributed by atoms with E-state index in [0.717, 1.165) is 6.54 Å². The maximum atomic E-state index is 2.53. The highest BCUT2D eigenvalue weighted by Gasteiger charge is 2.33. The maximum absolute atomic E-state index is 2.53. The van der Waals surface area contributed by atoms with Crippen molar-refractivity contribution in [3.63, 3.8) is 0 Å². The van der Waals surface area contributed by atoms with Gasteiger partial charge < -0.3 is 9.80 Å². The van der Waals surface area contributed by atoms with Crippen molar-refractivity contribution >= 4 is 22.1 Å². The van der Waals surface area contributed by atoms with Gasteiger partial charge in [0.05, 0.1) is 0 Å². The molecule has 5 rings (SSSR count). The van der Waals surface area contributed by atoms with Crippen LogP contribution in [0, 0.1) is 13.8 Å². The zero-order valence-electron chi connectivity index (χ0n) is 19.3. The Morgan fingerprint density at radius 2 is 1.22 bits per heavy atom. The van der Waals surface area contributed by atoms with Crippen LogP contribution in [0.3, 0.4) is 0 Å². The van der Waals surface area contributed by atoms with Crippen molar-refractivity contribution in [2.75, 3.05) is 16.3 Å². The molecule has 1 unspecified atom stereocenters. The molecule has 1 heterocycles. The van der Waals surface area contributed by atoms with Gasteiger partial charge in [-0.1, -0.05) is 71.8 Å². The molecular weight excluding hydrogens is 388 g/mol. The van der Waals surface area contributed by atoms with E-state index < -0.39 is 0 Å². The third-order valence-electron chi connectivity index (χ3n) is 6.68. The number of fused-ring (bicyclic) bond motifs is 1. The maximum Gasteiger partial charge on any atom is 0.132 e. The second-order valence-electron chi connectivity index (χ2n) is 9.01. The quantitative estimate of drug-likeness (QED) is 0.335. The number of anilines is 2. The Morgan fingerprint density at radius 1 is 0.625 bits per heavy atom. The van der Waals surface area contributed by atoms with E-state index in [0.29, 0.717) is 0 Å². The van der Waals surface area contributed by atoms with E-state index in [-0.39, 0.29) is 6.17 Å². The molecule has 0 amide bonds. The number of rotatable bonds is 3. The van der Waals surface area contributed by atoms with Crippen LogP contribution >= 0.6 is 0 Å². The Kier molecular flexibility index (Phi) is 5.22. The number of hydrogen-bond donors (Lipinski definition) is 0. The van der Waals surface area contributed by atoms with Gasteiger partial charge in [-0.3, -0.25) is 0 Å². The highest BCUT2D eigenvalue weighted by atomic mass is 15.4. The topological polar surface area (TPSA) is 6.48 Å². The summed E-state index contributed by atoms with van der Waals surface area (Å²) in [6, 6.07) is 33.4. The molecule has 0 N–H and O–H groups in total. The minimum Gasteiger partial charge on any atom is -0.343 e. The molecule has 0 saturated carbocycles. The zero-order chi connectivity index (χ0) is 22.2. The lowest BCUT2D eigenvalue weighted by molar-refractivity contribution is 0.595. The van der Waals surface area contributed by atoms with Crippen LogP contribution in [-0.2, 0) is 0 Å². The Bertz CT molecular complexity index is 1280. The first-order valence-corrected chi connectivity index (χ1v) is 11.4. The van der Waals surface area contributed by atoms with Gasteiger partial charge in [0, 0.05) is 23.6 Å². The molecular formula is C30H30N2. The van der Waals surface area contributed by atoms with Crippen molar-refractivity contribution in [1.82, 2.24) is 0 Å². The second kappa shape index (κ2) is 8.20. The van der Waals surface area contributed by atoms with Gasteiger partial charge in [0.15, 0.2) is 0 Å². The number of benzene rings is 4. The number of nitrogens with zero attached hydrogens (tertiary/aromatic N) is 2. The number of hydrogen-bond acceptors (Lipinski definition) is 2. The summed E-state index contributed by atoms with van der Waals surface area (Å²) in [6.45, 7) is 9.72. The molecule has 0 aromatic heterocycles. The standard InChI is InChI=1S/C30H30N2/c1-21-9-15-28(16-10-21)31-20-23(3)24(4)32(29-17-11-22(2)12-18-29)30(31)27-14-13-25-7-5-6-8-26(25)19-27/h5-19,30H,20H2,1-4H3. The van der Waals surface area contributed by atoms with E-state index >= 15 is 0 Å². The molecule has 4 aromatic rings. The smallest absolute Gasteiger partial charge is 0.132 e. The Labute approximate surface area is 191 Å².